The second kappa shape index (κ2) is 20.5. The third-order valence-electron chi connectivity index (χ3n) is 22.3. The molecule has 376 valence electrons. The summed E-state index contributed by atoms with van der Waals surface area (Å²) < 4.78 is 0. The van der Waals surface area contributed by atoms with Gasteiger partial charge in [0, 0.05) is 17.1 Å². The Bertz CT molecular complexity index is 3970. The second-order valence-corrected chi connectivity index (χ2v) is 25.3. The van der Waals surface area contributed by atoms with Gasteiger partial charge in [-0.05, 0) is 114 Å². The van der Waals surface area contributed by atoms with Crippen molar-refractivity contribution in [2.45, 2.75) is 10.8 Å². The topological polar surface area (TPSA) is 3.24 Å². The van der Waals surface area contributed by atoms with Crippen molar-refractivity contribution in [2.75, 3.05) is 4.90 Å². The van der Waals surface area contributed by atoms with Crippen LogP contribution in [-0.2, 0) is 10.8 Å². The average Bonchev–Trinajstić information content (AvgIpc) is 2.08. The van der Waals surface area contributed by atoms with E-state index in [0.29, 0.717) is 0 Å². The summed E-state index contributed by atoms with van der Waals surface area (Å²) in [7, 11) is 47.4. The average molecular weight is 1040 g/mol. The van der Waals surface area contributed by atoms with Gasteiger partial charge in [-0.3, -0.25) is 0 Å². The van der Waals surface area contributed by atoms with Crippen LogP contribution in [-0.4, -0.2) is 157 Å². The SMILES string of the molecule is Bc1c(B)c(B)c(C2(c3c(B)c(B)c(B)c(B)c3B)c3ccccc3-c3ccc(N(c4ccc(-c5ccccc5)cc4)c4ccc5c(c4)C(c4c(B)c(B)c(B)c(B)c4B)(c4c(B)c(B)c(B)c(B)c4B)c4ccccc4-5)cc32)c(B)c1B. The monoisotopic (exact) mass is 1040 g/mol. The standard InChI is InChI=1S/C62H63B20N/c63-41-37(42(64)50(72)57(79)49(41)71)61(38-43(65)51(73)58(80)52(74)44(38)66)33-12-6-4-10-29(33)31-20-18-27(22-35(31)61)83(26-16-14-25(15-17-26)24-8-2-1-3-9-24)28-19-21-32-30-11-5-7-13-34(30)62(36(32)23-28,39-45(67)53(75)59(81)54(76)46(39)68)40-47(69)55(77)60(82)56(78)48(40)70/h1-23H,63-82H2. The van der Waals surface area contributed by atoms with Gasteiger partial charge in [-0.15, -0.1) is 65.6 Å². The van der Waals surface area contributed by atoms with Crippen molar-refractivity contribution in [1.82, 2.24) is 0 Å². The molecule has 0 radical (unpaired) electrons. The molecule has 0 saturated carbocycles. The number of benzene rings is 10. The van der Waals surface area contributed by atoms with Crippen molar-refractivity contribution >= 4 is 283 Å². The van der Waals surface area contributed by atoms with E-state index in [1.807, 2.05) is 0 Å². The maximum absolute atomic E-state index is 2.62. The van der Waals surface area contributed by atoms with Crippen LogP contribution in [0.15, 0.2) is 140 Å². The molecule has 0 atom stereocenters. The molecule has 12 rings (SSSR count). The third-order valence-corrected chi connectivity index (χ3v) is 22.3. The van der Waals surface area contributed by atoms with Gasteiger partial charge in [-0.1, -0.05) is 147 Å². The molecule has 10 aromatic carbocycles. The first-order valence-corrected chi connectivity index (χ1v) is 30.3. The van der Waals surface area contributed by atoms with E-state index in [1.165, 1.54) is 187 Å². The summed E-state index contributed by atoms with van der Waals surface area (Å²) in [6.45, 7) is 0. The van der Waals surface area contributed by atoms with E-state index in [4.69, 9.17) is 0 Å². The van der Waals surface area contributed by atoms with Crippen molar-refractivity contribution in [1.29, 1.82) is 0 Å². The minimum atomic E-state index is -0.638. The first-order chi connectivity index (χ1) is 39.5. The van der Waals surface area contributed by atoms with Crippen LogP contribution >= 0.6 is 0 Å². The molecular weight excluding hydrogens is 975 g/mol. The highest BCUT2D eigenvalue weighted by Gasteiger charge is 2.52. The first kappa shape index (κ1) is 56.8. The maximum Gasteiger partial charge on any atom is 0.138 e. The summed E-state index contributed by atoms with van der Waals surface area (Å²) in [6, 6.07) is 54.0. The zero-order valence-electron chi connectivity index (χ0n) is 53.2. The van der Waals surface area contributed by atoms with Crippen molar-refractivity contribution in [3.05, 3.63) is 184 Å². The Morgan fingerprint density at radius 3 is 0.759 bits per heavy atom. The van der Waals surface area contributed by atoms with Crippen LogP contribution in [0, 0.1) is 0 Å². The number of anilines is 3. The summed E-state index contributed by atoms with van der Waals surface area (Å²) >= 11 is 0. The van der Waals surface area contributed by atoms with Gasteiger partial charge in [-0.2, -0.15) is 0 Å². The fourth-order valence-corrected chi connectivity index (χ4v) is 16.3. The molecule has 0 saturated heterocycles. The zero-order chi connectivity index (χ0) is 59.2. The fourth-order valence-electron chi connectivity index (χ4n) is 16.3. The molecular formula is C62H63B20N. The smallest absolute Gasteiger partial charge is 0.138 e. The van der Waals surface area contributed by atoms with Gasteiger partial charge >= 0.3 is 0 Å². The van der Waals surface area contributed by atoms with Gasteiger partial charge in [-0.25, -0.2) is 0 Å². The van der Waals surface area contributed by atoms with Crippen LogP contribution < -0.4 is 114 Å². The van der Waals surface area contributed by atoms with E-state index in [-0.39, 0.29) is 0 Å². The highest BCUT2D eigenvalue weighted by atomic mass is 15.1. The van der Waals surface area contributed by atoms with Gasteiger partial charge in [0.25, 0.3) is 0 Å². The number of hydrogen-bond acceptors (Lipinski definition) is 1. The second-order valence-electron chi connectivity index (χ2n) is 25.3. The predicted octanol–water partition coefficient (Wildman–Crippen LogP) is -19.3. The summed E-state index contributed by atoms with van der Waals surface area (Å²) in [5.74, 6) is 0. The highest BCUT2D eigenvalue weighted by molar-refractivity contribution is 6.71. The zero-order valence-corrected chi connectivity index (χ0v) is 53.2. The van der Waals surface area contributed by atoms with Gasteiger partial charge in [0.1, 0.15) is 157 Å². The largest absolute Gasteiger partial charge is 0.310 e. The molecule has 0 N–H and O–H groups in total. The van der Waals surface area contributed by atoms with Crippen LogP contribution in [0.5, 0.6) is 0 Å². The molecule has 0 unspecified atom stereocenters. The van der Waals surface area contributed by atoms with Crippen LogP contribution in [0.1, 0.15) is 44.5 Å². The molecule has 0 aromatic heterocycles. The van der Waals surface area contributed by atoms with Gasteiger partial charge in [0.15, 0.2) is 0 Å². The van der Waals surface area contributed by atoms with Crippen molar-refractivity contribution in [3.63, 3.8) is 0 Å². The Morgan fingerprint density at radius 1 is 0.205 bits per heavy atom. The third kappa shape index (κ3) is 7.83. The normalized spacial score (nSPS) is 13.3. The molecule has 0 fully saturated rings. The lowest BCUT2D eigenvalue weighted by Gasteiger charge is -2.43. The Morgan fingerprint density at radius 2 is 0.446 bits per heavy atom. The molecule has 0 amide bonds. The van der Waals surface area contributed by atoms with Gasteiger partial charge in [0.05, 0.1) is 10.8 Å². The Labute approximate surface area is 512 Å². The number of rotatable bonds is 8. The molecule has 0 spiro atoms. The minimum absolute atomic E-state index is 0.638. The van der Waals surface area contributed by atoms with Crippen LogP contribution in [0.2, 0.25) is 0 Å². The van der Waals surface area contributed by atoms with E-state index >= 15 is 0 Å². The lowest BCUT2D eigenvalue weighted by molar-refractivity contribution is 0.792. The van der Waals surface area contributed by atoms with Gasteiger partial charge in [0.2, 0.25) is 0 Å². The van der Waals surface area contributed by atoms with Gasteiger partial charge < -0.3 is 4.90 Å². The molecule has 2 aliphatic rings. The molecule has 10 aromatic rings. The van der Waals surface area contributed by atoms with Crippen molar-refractivity contribution in [2.24, 2.45) is 0 Å². The van der Waals surface area contributed by atoms with E-state index in [2.05, 4.69) is 301 Å². The predicted molar refractivity (Wildman–Crippen MR) is 425 cm³/mol. The molecule has 1 nitrogen and oxygen atoms in total. The lowest BCUT2D eigenvalue weighted by atomic mass is 9.49. The molecule has 83 heavy (non-hydrogen) atoms. The molecule has 21 heteroatoms. The Hall–Kier alpha value is -6.70. The number of nitrogens with zero attached hydrogens (tertiary/aromatic N) is 1. The summed E-state index contributed by atoms with van der Waals surface area (Å²) in [6.07, 6.45) is 0. The summed E-state index contributed by atoms with van der Waals surface area (Å²) in [4.78, 5) is 2.59. The molecule has 0 heterocycles. The summed E-state index contributed by atoms with van der Waals surface area (Å²) in [5, 5.41) is 0. The maximum atomic E-state index is 2.62. The van der Waals surface area contributed by atoms with Crippen molar-refractivity contribution < 1.29 is 0 Å². The first-order valence-electron chi connectivity index (χ1n) is 30.3. The number of fused-ring (bicyclic) bond motifs is 6. The quantitative estimate of drug-likeness (QED) is 0.137. The van der Waals surface area contributed by atoms with E-state index < -0.39 is 10.8 Å². The van der Waals surface area contributed by atoms with Crippen LogP contribution in [0.4, 0.5) is 17.1 Å². The molecule has 2 aliphatic carbocycles. The van der Waals surface area contributed by atoms with E-state index in [1.54, 1.807) is 0 Å². The Balaban J connectivity index is 1.24. The van der Waals surface area contributed by atoms with Crippen LogP contribution in [0.3, 0.4) is 0 Å². The van der Waals surface area contributed by atoms with E-state index in [0.717, 1.165) is 17.1 Å². The molecule has 0 bridgehead atoms. The van der Waals surface area contributed by atoms with Crippen molar-refractivity contribution in [3.8, 4) is 33.4 Å². The lowest BCUT2D eigenvalue weighted by Crippen LogP contribution is -2.63. The minimum Gasteiger partial charge on any atom is -0.310 e. The fraction of sp³-hybridized carbons (Fsp3) is 0.0323. The molecule has 0 aliphatic heterocycles. The highest BCUT2D eigenvalue weighted by Crippen LogP contribution is 2.58. The number of hydrogen-bond donors (Lipinski definition) is 0. The van der Waals surface area contributed by atoms with Crippen LogP contribution in [0.25, 0.3) is 33.4 Å². The Kier molecular flexibility index (Phi) is 14.0. The van der Waals surface area contributed by atoms with E-state index in [9.17, 15) is 0 Å². The summed E-state index contributed by atoms with van der Waals surface area (Å²) in [5.41, 5.74) is 48.2.